The summed E-state index contributed by atoms with van der Waals surface area (Å²) in [6.45, 7) is 5.85. The van der Waals surface area contributed by atoms with Crippen molar-refractivity contribution in [3.05, 3.63) is 0 Å². The molecule has 0 aromatic carbocycles. The molecule has 0 rings (SSSR count). The van der Waals surface area contributed by atoms with Gasteiger partial charge in [0.25, 0.3) is 0 Å². The number of rotatable bonds is 13. The highest BCUT2D eigenvalue weighted by atomic mass is 31.2. The van der Waals surface area contributed by atoms with E-state index in [9.17, 15) is 4.79 Å². The Kier molecular flexibility index (Phi) is 18.7. The minimum Gasteiger partial charge on any atom is -0.466 e. The van der Waals surface area contributed by atoms with Crippen molar-refractivity contribution in [3.63, 3.8) is 0 Å². The van der Waals surface area contributed by atoms with Gasteiger partial charge in [-0.05, 0) is 31.7 Å². The highest BCUT2D eigenvalue weighted by molar-refractivity contribution is 7.45. The molecule has 7 nitrogen and oxygen atoms in total. The predicted molar refractivity (Wildman–Crippen MR) is 95.3 cm³/mol. The van der Waals surface area contributed by atoms with Gasteiger partial charge < -0.3 is 25.2 Å². The van der Waals surface area contributed by atoms with Crippen molar-refractivity contribution in [1.29, 1.82) is 0 Å². The topological polar surface area (TPSA) is 130 Å². The zero-order chi connectivity index (χ0) is 18.8. The average Bonchev–Trinajstić information content (AvgIpc) is 2.44. The molecule has 0 aromatic rings. The summed E-state index contributed by atoms with van der Waals surface area (Å²) in [7, 11) is -4.64. The van der Waals surface area contributed by atoms with Crippen molar-refractivity contribution in [2.24, 2.45) is 11.7 Å². The molecule has 0 unspecified atom stereocenters. The molecule has 146 valence electrons. The second-order valence-corrected chi connectivity index (χ2v) is 7.31. The molecular formula is C16H36NO6P. The third-order valence-corrected chi connectivity index (χ3v) is 3.27. The van der Waals surface area contributed by atoms with Gasteiger partial charge in [-0.3, -0.25) is 4.79 Å². The molecule has 8 heteroatoms. The summed E-state index contributed by atoms with van der Waals surface area (Å²) in [5.74, 6) is 0.775. The third kappa shape index (κ3) is 33.2. The van der Waals surface area contributed by atoms with Crippen molar-refractivity contribution in [1.82, 2.24) is 0 Å². The Morgan fingerprint density at radius 2 is 1.46 bits per heavy atom. The Hall–Kier alpha value is -0.460. The van der Waals surface area contributed by atoms with Crippen LogP contribution in [0.15, 0.2) is 0 Å². The zero-order valence-electron chi connectivity index (χ0n) is 15.2. The molecule has 0 fully saturated rings. The molecule has 0 saturated heterocycles. The fraction of sp³-hybridized carbons (Fsp3) is 0.938. The van der Waals surface area contributed by atoms with Crippen LogP contribution in [-0.4, -0.2) is 33.8 Å². The Labute approximate surface area is 146 Å². The fourth-order valence-electron chi connectivity index (χ4n) is 2.03. The largest absolute Gasteiger partial charge is 0.466 e. The van der Waals surface area contributed by atoms with Crippen LogP contribution in [0.1, 0.15) is 78.1 Å². The van der Waals surface area contributed by atoms with Gasteiger partial charge in [-0.1, -0.05) is 52.4 Å². The lowest BCUT2D eigenvalue weighted by Gasteiger charge is -2.06. The van der Waals surface area contributed by atoms with E-state index < -0.39 is 7.82 Å². The van der Waals surface area contributed by atoms with Crippen LogP contribution in [0.5, 0.6) is 0 Å². The van der Waals surface area contributed by atoms with E-state index in [1.807, 2.05) is 0 Å². The van der Waals surface area contributed by atoms with Gasteiger partial charge in [-0.15, -0.1) is 0 Å². The number of ether oxygens (including phenoxy) is 1. The van der Waals surface area contributed by atoms with Gasteiger partial charge >= 0.3 is 13.8 Å². The first kappa shape index (κ1) is 25.8. The molecule has 0 atom stereocenters. The van der Waals surface area contributed by atoms with Gasteiger partial charge in [0, 0.05) is 6.42 Å². The maximum atomic E-state index is 11.4. The van der Waals surface area contributed by atoms with Crippen LogP contribution in [0, 0.1) is 5.92 Å². The quantitative estimate of drug-likeness (QED) is 0.223. The zero-order valence-corrected chi connectivity index (χ0v) is 16.0. The average molecular weight is 369 g/mol. The van der Waals surface area contributed by atoms with Gasteiger partial charge in [0.1, 0.15) is 0 Å². The second-order valence-electron chi connectivity index (χ2n) is 6.28. The summed E-state index contributed by atoms with van der Waals surface area (Å²) >= 11 is 0. The monoisotopic (exact) mass is 369 g/mol. The summed E-state index contributed by atoms with van der Waals surface area (Å²) in [4.78, 5) is 32.9. The smallest absolute Gasteiger partial charge is 0.466 e. The number of carbonyl (C=O) groups excluding carboxylic acids is 1. The van der Waals surface area contributed by atoms with Gasteiger partial charge in [-0.25, -0.2) is 4.57 Å². The van der Waals surface area contributed by atoms with Gasteiger partial charge in [-0.2, -0.15) is 0 Å². The van der Waals surface area contributed by atoms with Crippen LogP contribution in [0.4, 0.5) is 0 Å². The standard InChI is InChI=1S/C16H33NO2.H3O4P/c1-15(2)11-7-4-3-5-10-14-19-16(18)12-8-6-9-13-17;1-5(2,3)4/h15H,3-14,17H2,1-2H3;(H3,1,2,3,4). The van der Waals surface area contributed by atoms with Crippen molar-refractivity contribution < 1.29 is 28.8 Å². The van der Waals surface area contributed by atoms with E-state index in [4.69, 9.17) is 29.7 Å². The van der Waals surface area contributed by atoms with Crippen LogP contribution in [-0.2, 0) is 14.1 Å². The normalized spacial score (nSPS) is 11.1. The maximum Gasteiger partial charge on any atom is 0.466 e. The lowest BCUT2D eigenvalue weighted by molar-refractivity contribution is -0.143. The van der Waals surface area contributed by atoms with E-state index >= 15 is 0 Å². The van der Waals surface area contributed by atoms with Crippen molar-refractivity contribution in [3.8, 4) is 0 Å². The SMILES string of the molecule is CC(C)CCCCCCCOC(=O)CCCCCN.O=P(O)(O)O. The Balaban J connectivity index is 0. The van der Waals surface area contributed by atoms with Gasteiger partial charge in [0.05, 0.1) is 6.61 Å². The highest BCUT2D eigenvalue weighted by Gasteiger charge is 2.02. The molecule has 0 aliphatic carbocycles. The summed E-state index contributed by atoms with van der Waals surface area (Å²) in [5, 5.41) is 0. The van der Waals surface area contributed by atoms with Gasteiger partial charge in [0.2, 0.25) is 0 Å². The molecular weight excluding hydrogens is 333 g/mol. The summed E-state index contributed by atoms with van der Waals surface area (Å²) in [6, 6.07) is 0. The van der Waals surface area contributed by atoms with E-state index in [0.717, 1.165) is 31.6 Å². The lowest BCUT2D eigenvalue weighted by atomic mass is 10.0. The maximum absolute atomic E-state index is 11.4. The summed E-state index contributed by atoms with van der Waals surface area (Å²) < 4.78 is 14.1. The molecule has 0 amide bonds. The number of esters is 1. The lowest BCUT2D eigenvalue weighted by Crippen LogP contribution is -2.06. The molecule has 24 heavy (non-hydrogen) atoms. The van der Waals surface area contributed by atoms with E-state index in [2.05, 4.69) is 13.8 Å². The number of unbranched alkanes of at least 4 members (excludes halogenated alkanes) is 6. The molecule has 0 aliphatic rings. The fourth-order valence-corrected chi connectivity index (χ4v) is 2.03. The number of nitrogens with two attached hydrogens (primary N) is 1. The molecule has 0 bridgehead atoms. The molecule has 0 aliphatic heterocycles. The molecule has 0 aromatic heterocycles. The number of hydrogen-bond donors (Lipinski definition) is 4. The Morgan fingerprint density at radius 1 is 0.958 bits per heavy atom. The first-order valence-electron chi connectivity index (χ1n) is 8.80. The van der Waals surface area contributed by atoms with Crippen LogP contribution >= 0.6 is 7.82 Å². The summed E-state index contributed by atoms with van der Waals surface area (Å²) in [5.41, 5.74) is 5.39. The number of hydrogen-bond acceptors (Lipinski definition) is 4. The van der Waals surface area contributed by atoms with E-state index in [0.29, 0.717) is 19.6 Å². The summed E-state index contributed by atoms with van der Waals surface area (Å²) in [6.07, 6.45) is 10.9. The van der Waals surface area contributed by atoms with Crippen molar-refractivity contribution in [2.75, 3.05) is 13.2 Å². The Bertz CT molecular complexity index is 324. The molecule has 0 radical (unpaired) electrons. The molecule has 0 saturated carbocycles. The molecule has 0 heterocycles. The van der Waals surface area contributed by atoms with Crippen molar-refractivity contribution in [2.45, 2.75) is 78.1 Å². The van der Waals surface area contributed by atoms with E-state index in [1.54, 1.807) is 0 Å². The predicted octanol–water partition coefficient (Wildman–Crippen LogP) is 3.12. The van der Waals surface area contributed by atoms with Crippen LogP contribution in [0.2, 0.25) is 0 Å². The first-order valence-corrected chi connectivity index (χ1v) is 10.4. The second kappa shape index (κ2) is 17.4. The Morgan fingerprint density at radius 3 is 2.00 bits per heavy atom. The van der Waals surface area contributed by atoms with Gasteiger partial charge in [0.15, 0.2) is 0 Å². The minimum atomic E-state index is -4.64. The molecule has 5 N–H and O–H groups in total. The molecule has 0 spiro atoms. The van der Waals surface area contributed by atoms with Crippen LogP contribution < -0.4 is 5.73 Å². The highest BCUT2D eigenvalue weighted by Crippen LogP contribution is 2.25. The van der Waals surface area contributed by atoms with E-state index in [1.165, 1.54) is 32.1 Å². The number of carbonyl (C=O) groups is 1. The minimum absolute atomic E-state index is 0.0446. The third-order valence-electron chi connectivity index (χ3n) is 3.27. The number of phosphoric acid groups is 1. The van der Waals surface area contributed by atoms with E-state index in [-0.39, 0.29) is 5.97 Å². The van der Waals surface area contributed by atoms with Crippen LogP contribution in [0.3, 0.4) is 0 Å². The van der Waals surface area contributed by atoms with Crippen molar-refractivity contribution >= 4 is 13.8 Å². The van der Waals surface area contributed by atoms with Crippen LogP contribution in [0.25, 0.3) is 0 Å². The first-order chi connectivity index (χ1) is 11.2.